The lowest BCUT2D eigenvalue weighted by molar-refractivity contribution is 1.28. The Kier molecular flexibility index (Phi) is 4.95. The Labute approximate surface area is 158 Å². The SMILES string of the molecule is C(=C\c1cccs1)/c1ccc(N(c2ccccc2)c2ccccc2)cc1. The lowest BCUT2D eigenvalue weighted by atomic mass is 10.1. The fourth-order valence-electron chi connectivity index (χ4n) is 2.90. The zero-order valence-corrected chi connectivity index (χ0v) is 15.1. The highest BCUT2D eigenvalue weighted by Gasteiger charge is 2.11. The number of nitrogens with zero attached hydrogens (tertiary/aromatic N) is 1. The average Bonchev–Trinajstić information content (AvgIpc) is 3.23. The minimum Gasteiger partial charge on any atom is -0.311 e. The van der Waals surface area contributed by atoms with Crippen molar-refractivity contribution in [3.63, 3.8) is 0 Å². The van der Waals surface area contributed by atoms with E-state index in [2.05, 4.69) is 107 Å². The van der Waals surface area contributed by atoms with E-state index in [1.807, 2.05) is 12.1 Å². The number of hydrogen-bond donors (Lipinski definition) is 0. The molecule has 0 aliphatic carbocycles. The molecular formula is C24H19NS. The number of thiophene rings is 1. The van der Waals surface area contributed by atoms with E-state index in [4.69, 9.17) is 0 Å². The van der Waals surface area contributed by atoms with Crippen molar-refractivity contribution in [3.8, 4) is 0 Å². The van der Waals surface area contributed by atoms with E-state index in [1.54, 1.807) is 11.3 Å². The highest BCUT2D eigenvalue weighted by molar-refractivity contribution is 7.10. The normalized spacial score (nSPS) is 10.9. The van der Waals surface area contributed by atoms with Crippen molar-refractivity contribution in [1.82, 2.24) is 0 Å². The molecule has 0 saturated carbocycles. The molecule has 0 aliphatic rings. The van der Waals surface area contributed by atoms with Crippen LogP contribution in [0, 0.1) is 0 Å². The Morgan fingerprint density at radius 2 is 1.12 bits per heavy atom. The molecule has 3 aromatic carbocycles. The minimum absolute atomic E-state index is 1.15. The highest BCUT2D eigenvalue weighted by atomic mass is 32.1. The van der Waals surface area contributed by atoms with E-state index in [0.29, 0.717) is 0 Å². The molecule has 126 valence electrons. The molecule has 4 rings (SSSR count). The molecule has 0 aliphatic heterocycles. The molecule has 1 nitrogen and oxygen atoms in total. The molecule has 1 aromatic heterocycles. The van der Waals surface area contributed by atoms with Crippen molar-refractivity contribution in [2.45, 2.75) is 0 Å². The van der Waals surface area contributed by atoms with Crippen LogP contribution in [0.25, 0.3) is 12.2 Å². The summed E-state index contributed by atoms with van der Waals surface area (Å²) in [6.45, 7) is 0. The van der Waals surface area contributed by atoms with Crippen molar-refractivity contribution in [1.29, 1.82) is 0 Å². The van der Waals surface area contributed by atoms with Gasteiger partial charge < -0.3 is 4.90 Å². The Morgan fingerprint density at radius 1 is 0.538 bits per heavy atom. The molecule has 2 heteroatoms. The van der Waals surface area contributed by atoms with Crippen LogP contribution < -0.4 is 4.90 Å². The van der Waals surface area contributed by atoms with Crippen LogP contribution in [-0.4, -0.2) is 0 Å². The van der Waals surface area contributed by atoms with E-state index in [0.717, 1.165) is 17.1 Å². The lowest BCUT2D eigenvalue weighted by Crippen LogP contribution is -2.09. The molecule has 0 spiro atoms. The smallest absolute Gasteiger partial charge is 0.0462 e. The van der Waals surface area contributed by atoms with Crippen molar-refractivity contribution in [2.75, 3.05) is 4.90 Å². The molecule has 0 bridgehead atoms. The second kappa shape index (κ2) is 7.85. The summed E-state index contributed by atoms with van der Waals surface area (Å²) in [4.78, 5) is 3.54. The molecular weight excluding hydrogens is 334 g/mol. The number of rotatable bonds is 5. The second-order valence-corrected chi connectivity index (χ2v) is 6.93. The first-order chi connectivity index (χ1) is 12.9. The van der Waals surface area contributed by atoms with Gasteiger partial charge in [0.2, 0.25) is 0 Å². The second-order valence-electron chi connectivity index (χ2n) is 5.95. The molecule has 1 heterocycles. The van der Waals surface area contributed by atoms with Gasteiger partial charge in [-0.15, -0.1) is 11.3 Å². The molecule has 26 heavy (non-hydrogen) atoms. The van der Waals surface area contributed by atoms with Crippen LogP contribution >= 0.6 is 11.3 Å². The zero-order chi connectivity index (χ0) is 17.6. The van der Waals surface area contributed by atoms with Gasteiger partial charge in [-0.2, -0.15) is 0 Å². The molecule has 0 atom stereocenters. The summed E-state index contributed by atoms with van der Waals surface area (Å²) in [5, 5.41) is 2.10. The van der Waals surface area contributed by atoms with Crippen molar-refractivity contribution < 1.29 is 0 Å². The maximum absolute atomic E-state index is 2.27. The van der Waals surface area contributed by atoms with Crippen LogP contribution in [0.5, 0.6) is 0 Å². The van der Waals surface area contributed by atoms with Crippen LogP contribution in [0.4, 0.5) is 17.1 Å². The Bertz CT molecular complexity index is 916. The topological polar surface area (TPSA) is 3.24 Å². The average molecular weight is 353 g/mol. The molecule has 0 fully saturated rings. The van der Waals surface area contributed by atoms with Gasteiger partial charge in [0, 0.05) is 21.9 Å². The van der Waals surface area contributed by atoms with E-state index < -0.39 is 0 Å². The van der Waals surface area contributed by atoms with Gasteiger partial charge in [0.05, 0.1) is 0 Å². The van der Waals surface area contributed by atoms with Gasteiger partial charge in [-0.3, -0.25) is 0 Å². The van der Waals surface area contributed by atoms with Gasteiger partial charge in [-0.05, 0) is 59.5 Å². The van der Waals surface area contributed by atoms with E-state index >= 15 is 0 Å². The highest BCUT2D eigenvalue weighted by Crippen LogP contribution is 2.34. The van der Waals surface area contributed by atoms with Crippen LogP contribution in [0.2, 0.25) is 0 Å². The van der Waals surface area contributed by atoms with Gasteiger partial charge >= 0.3 is 0 Å². The van der Waals surface area contributed by atoms with Crippen LogP contribution in [0.3, 0.4) is 0 Å². The van der Waals surface area contributed by atoms with Gasteiger partial charge in [0.15, 0.2) is 0 Å². The molecule has 0 unspecified atom stereocenters. The summed E-state index contributed by atoms with van der Waals surface area (Å²) in [5.74, 6) is 0. The van der Waals surface area contributed by atoms with Gasteiger partial charge in [0.25, 0.3) is 0 Å². The predicted molar refractivity (Wildman–Crippen MR) is 114 cm³/mol. The Hall–Kier alpha value is -3.10. The van der Waals surface area contributed by atoms with E-state index in [9.17, 15) is 0 Å². The quantitative estimate of drug-likeness (QED) is 0.361. The molecule has 0 N–H and O–H groups in total. The van der Waals surface area contributed by atoms with Crippen molar-refractivity contribution in [3.05, 3.63) is 113 Å². The molecule has 0 amide bonds. The fourth-order valence-corrected chi connectivity index (χ4v) is 3.52. The largest absolute Gasteiger partial charge is 0.311 e. The van der Waals surface area contributed by atoms with E-state index in [1.165, 1.54) is 10.4 Å². The maximum atomic E-state index is 2.27. The molecule has 4 aromatic rings. The summed E-state index contributed by atoms with van der Waals surface area (Å²) in [6, 6.07) is 33.8. The Morgan fingerprint density at radius 3 is 1.65 bits per heavy atom. The Balaban J connectivity index is 1.66. The number of para-hydroxylation sites is 2. The first-order valence-electron chi connectivity index (χ1n) is 8.62. The van der Waals surface area contributed by atoms with Crippen LogP contribution in [0.15, 0.2) is 102 Å². The van der Waals surface area contributed by atoms with Crippen LogP contribution in [0.1, 0.15) is 10.4 Å². The van der Waals surface area contributed by atoms with Gasteiger partial charge in [-0.1, -0.05) is 60.7 Å². The third-order valence-electron chi connectivity index (χ3n) is 4.16. The summed E-state index contributed by atoms with van der Waals surface area (Å²) >= 11 is 1.75. The van der Waals surface area contributed by atoms with Gasteiger partial charge in [0.1, 0.15) is 0 Å². The molecule has 0 radical (unpaired) electrons. The van der Waals surface area contributed by atoms with Crippen molar-refractivity contribution >= 4 is 40.6 Å². The third-order valence-corrected chi connectivity index (χ3v) is 5.00. The minimum atomic E-state index is 1.15. The first-order valence-corrected chi connectivity index (χ1v) is 9.50. The summed E-state index contributed by atoms with van der Waals surface area (Å²) in [5.41, 5.74) is 4.65. The monoisotopic (exact) mass is 353 g/mol. The molecule has 0 saturated heterocycles. The van der Waals surface area contributed by atoms with E-state index in [-0.39, 0.29) is 0 Å². The fraction of sp³-hybridized carbons (Fsp3) is 0. The summed E-state index contributed by atoms with van der Waals surface area (Å²) in [7, 11) is 0. The standard InChI is InChI=1S/C24H19NS/c1-3-8-21(9-4-1)25(22-10-5-2-6-11-22)23-16-13-20(14-17-23)15-18-24-12-7-19-26-24/h1-19H/b18-15+. The number of hydrogen-bond acceptors (Lipinski definition) is 2. The van der Waals surface area contributed by atoms with Gasteiger partial charge in [-0.25, -0.2) is 0 Å². The summed E-state index contributed by atoms with van der Waals surface area (Å²) < 4.78 is 0. The lowest BCUT2D eigenvalue weighted by Gasteiger charge is -2.25. The number of benzene rings is 3. The zero-order valence-electron chi connectivity index (χ0n) is 14.3. The van der Waals surface area contributed by atoms with Crippen LogP contribution in [-0.2, 0) is 0 Å². The first kappa shape index (κ1) is 16.4. The number of anilines is 3. The third kappa shape index (κ3) is 3.76. The predicted octanol–water partition coefficient (Wildman–Crippen LogP) is 7.39. The maximum Gasteiger partial charge on any atom is 0.0462 e. The van der Waals surface area contributed by atoms with Crippen molar-refractivity contribution in [2.24, 2.45) is 0 Å². The summed E-state index contributed by atoms with van der Waals surface area (Å²) in [6.07, 6.45) is 4.32.